The topological polar surface area (TPSA) is 43.7 Å². The fourth-order valence-corrected chi connectivity index (χ4v) is 2.76. The van der Waals surface area contributed by atoms with E-state index in [1.807, 2.05) is 0 Å². The third-order valence-electron chi connectivity index (χ3n) is 4.03. The maximum absolute atomic E-state index is 10.6. The molecule has 2 rings (SSSR count). The first kappa shape index (κ1) is 7.81. The fourth-order valence-electron chi connectivity index (χ4n) is 2.76. The number of phenols is 1. The van der Waals surface area contributed by atoms with Crippen molar-refractivity contribution in [3.63, 3.8) is 0 Å². The molecule has 0 aliphatic heterocycles. The number of aromatic hydroxyl groups is 1. The highest BCUT2D eigenvalue weighted by molar-refractivity contribution is 5.43. The number of aliphatic hydroxyl groups is 1. The molecule has 0 amide bonds. The van der Waals surface area contributed by atoms with Crippen LogP contribution < -0.4 is 0 Å². The first-order valence-corrected chi connectivity index (χ1v) is 7.79. The van der Waals surface area contributed by atoms with Crippen LogP contribution in [0.25, 0.3) is 0 Å². The molecule has 0 aliphatic rings. The van der Waals surface area contributed by atoms with Gasteiger partial charge in [0.25, 0.3) is 0 Å². The Labute approximate surface area is 171 Å². The summed E-state index contributed by atoms with van der Waals surface area (Å²) >= 11 is 0. The Balaban J connectivity index is 2.85. The van der Waals surface area contributed by atoms with Crippen molar-refractivity contribution >= 4 is 0 Å². The maximum Gasteiger partial charge on any atom is 0.119 e. The summed E-state index contributed by atoms with van der Waals surface area (Å²) < 4.78 is 112. The Morgan fingerprint density at radius 1 is 1.04 bits per heavy atom. The summed E-state index contributed by atoms with van der Waals surface area (Å²) in [6, 6.07) is 4.79. The lowest BCUT2D eigenvalue weighted by Crippen LogP contribution is -2.38. The van der Waals surface area contributed by atoms with Gasteiger partial charge < -0.3 is 10.2 Å². The zero-order valence-electron chi connectivity index (χ0n) is 27.7. The van der Waals surface area contributed by atoms with Crippen LogP contribution in [0.3, 0.4) is 0 Å². The van der Waals surface area contributed by atoms with E-state index in [0.717, 1.165) is 0 Å². The van der Waals surface area contributed by atoms with Crippen molar-refractivity contribution < 1.29 is 29.4 Å². The smallest absolute Gasteiger partial charge is 0.119 e. The highest BCUT2D eigenvalue weighted by atomic mass is 16.3. The quantitative estimate of drug-likeness (QED) is 0.731. The van der Waals surface area contributed by atoms with Crippen LogP contribution in [0.2, 0.25) is 0 Å². The van der Waals surface area contributed by atoms with Gasteiger partial charge in [-0.25, -0.2) is 0 Å². The van der Waals surface area contributed by atoms with E-state index >= 15 is 0 Å². The van der Waals surface area contributed by atoms with Crippen LogP contribution >= 0.6 is 0 Å². The molecule has 136 valence electrons. The van der Waals surface area contributed by atoms with Gasteiger partial charge in [-0.15, -0.1) is 0 Å². The van der Waals surface area contributed by atoms with Gasteiger partial charge in [0, 0.05) is 42.7 Å². The van der Waals surface area contributed by atoms with Gasteiger partial charge in [0.2, 0.25) is 0 Å². The molecular weight excluding hydrogens is 310 g/mol. The molecule has 1 atom stereocenters. The maximum atomic E-state index is 10.6. The summed E-state index contributed by atoms with van der Waals surface area (Å²) in [5, 5.41) is 20.2. The van der Waals surface area contributed by atoms with Crippen molar-refractivity contribution in [2.75, 3.05) is 6.54 Å². The van der Waals surface area contributed by atoms with Crippen LogP contribution in [0.5, 0.6) is 5.75 Å². The van der Waals surface area contributed by atoms with Gasteiger partial charge in [-0.1, -0.05) is 36.4 Å². The summed E-state index contributed by atoms with van der Waals surface area (Å²) in [5.41, 5.74) is 1.09. The number of hydrogen-bond acceptors (Lipinski definition) is 3. The van der Waals surface area contributed by atoms with Crippen LogP contribution in [0.15, 0.2) is 48.5 Å². The second-order valence-electron chi connectivity index (χ2n) is 5.65. The van der Waals surface area contributed by atoms with Crippen molar-refractivity contribution in [3.05, 3.63) is 65.2 Å². The fraction of sp³-hybridized carbons (Fsp3) is 0.455. The summed E-state index contributed by atoms with van der Waals surface area (Å²) in [6.07, 6.45) is -0.397. The van der Waals surface area contributed by atoms with Crippen molar-refractivity contribution in [1.29, 1.82) is 0 Å². The molecule has 0 aromatic heterocycles. The number of nitrogens with zero attached hydrogens (tertiary/aromatic N) is 1. The lowest BCUT2D eigenvalue weighted by atomic mass is 9.86. The van der Waals surface area contributed by atoms with E-state index < -0.39 is 64.9 Å². The summed E-state index contributed by atoms with van der Waals surface area (Å²) in [6.45, 7) is -16.5. The van der Waals surface area contributed by atoms with E-state index in [1.54, 1.807) is 30.3 Å². The third-order valence-corrected chi connectivity index (χ3v) is 4.03. The van der Waals surface area contributed by atoms with E-state index in [0.29, 0.717) is 11.1 Å². The molecule has 2 N–H and O–H groups in total. The van der Waals surface area contributed by atoms with Gasteiger partial charge in [0.1, 0.15) is 5.75 Å². The number of phenolic OH excluding ortho intramolecular Hbond substituents is 1. The summed E-state index contributed by atoms with van der Waals surface area (Å²) in [4.78, 5) is -0.0666. The van der Waals surface area contributed by atoms with Gasteiger partial charge in [-0.2, -0.15) is 0 Å². The van der Waals surface area contributed by atoms with Gasteiger partial charge >= 0.3 is 0 Å². The molecular formula is C22H31NO2. The monoisotopic (exact) mass is 355 g/mol. The predicted octanol–water partition coefficient (Wildman–Crippen LogP) is 4.53. The van der Waals surface area contributed by atoms with E-state index in [2.05, 4.69) is 0 Å². The SMILES string of the molecule is [2H]C([2H])([2H])C([2H])(N(CC[C@@H](c1ccccc1)c1cc(CO)ccc1O)C([2H])(C([2H])([2H])[2H])C([2H])([2H])[2H])C([2H])([2H])[2H]. The van der Waals surface area contributed by atoms with Crippen molar-refractivity contribution in [1.82, 2.24) is 4.90 Å². The van der Waals surface area contributed by atoms with Crippen LogP contribution in [0, 0.1) is 0 Å². The first-order chi connectivity index (χ1) is 17.5. The van der Waals surface area contributed by atoms with Crippen LogP contribution in [0.1, 0.15) is 75.6 Å². The standard InChI is InChI=1S/C22H31NO2/c1-16(2)23(17(3)4)13-12-20(19-8-6-5-7-9-19)21-14-18(15-24)10-11-22(21)25/h5-11,14,16-17,20,24-25H,12-13,15H2,1-4H3/t20-/m0/s1/i1D3,2D3,3D3,4D3,16D,17D. The molecule has 3 nitrogen and oxygen atoms in total. The minimum Gasteiger partial charge on any atom is -0.508 e. The Hall–Kier alpha value is -1.84. The van der Waals surface area contributed by atoms with Crippen molar-refractivity contribution in [3.8, 4) is 5.75 Å². The van der Waals surface area contributed by atoms with Crippen LogP contribution in [-0.4, -0.2) is 33.7 Å². The van der Waals surface area contributed by atoms with E-state index in [-0.39, 0.29) is 16.2 Å². The minimum atomic E-state index is -3.82. The molecule has 2 aromatic rings. The van der Waals surface area contributed by atoms with Crippen LogP contribution in [-0.2, 0) is 6.61 Å². The average molecular weight is 356 g/mol. The summed E-state index contributed by atoms with van der Waals surface area (Å²) in [7, 11) is 0. The number of benzene rings is 2. The molecule has 0 aliphatic carbocycles. The molecule has 0 saturated heterocycles. The van der Waals surface area contributed by atoms with E-state index in [9.17, 15) is 10.2 Å². The van der Waals surface area contributed by atoms with Gasteiger partial charge in [0.05, 0.1) is 6.61 Å². The molecule has 0 heterocycles. The molecule has 2 aromatic carbocycles. The molecule has 0 spiro atoms. The highest BCUT2D eigenvalue weighted by Gasteiger charge is 2.21. The molecule has 25 heavy (non-hydrogen) atoms. The highest BCUT2D eigenvalue weighted by Crippen LogP contribution is 2.35. The Morgan fingerprint density at radius 2 is 1.72 bits per heavy atom. The van der Waals surface area contributed by atoms with Gasteiger partial charge in [-0.05, 0) is 63.6 Å². The Morgan fingerprint density at radius 3 is 2.32 bits per heavy atom. The number of hydrogen-bond donors (Lipinski definition) is 2. The lowest BCUT2D eigenvalue weighted by molar-refractivity contribution is 0.170. The second-order valence-corrected chi connectivity index (χ2v) is 5.65. The normalized spacial score (nSPS) is 24.1. The average Bonchev–Trinajstić information content (AvgIpc) is 2.79. The molecule has 0 saturated carbocycles. The Bertz CT molecular complexity index is 1040. The molecule has 0 unspecified atom stereocenters. The minimum absolute atomic E-state index is 0.0666. The number of rotatable bonds is 8. The summed E-state index contributed by atoms with van der Waals surface area (Å²) in [5.74, 6) is -1.16. The lowest BCUT2D eigenvalue weighted by Gasteiger charge is -2.32. The largest absolute Gasteiger partial charge is 0.508 e. The zero-order valence-corrected chi connectivity index (χ0v) is 13.7. The Kier molecular flexibility index (Phi) is 2.82. The molecule has 0 radical (unpaired) electrons. The third kappa shape index (κ3) is 5.07. The van der Waals surface area contributed by atoms with Crippen LogP contribution in [0.4, 0.5) is 0 Å². The van der Waals surface area contributed by atoms with Crippen molar-refractivity contribution in [2.24, 2.45) is 0 Å². The zero-order chi connectivity index (χ0) is 30.2. The van der Waals surface area contributed by atoms with Gasteiger partial charge in [-0.3, -0.25) is 4.90 Å². The predicted molar refractivity (Wildman–Crippen MR) is 104 cm³/mol. The second kappa shape index (κ2) is 9.02. The molecule has 3 heteroatoms. The van der Waals surface area contributed by atoms with Gasteiger partial charge in [0.15, 0.2) is 0 Å². The molecule has 0 bridgehead atoms. The van der Waals surface area contributed by atoms with E-state index in [4.69, 9.17) is 19.2 Å². The number of aliphatic hydroxyl groups excluding tert-OH is 1. The van der Waals surface area contributed by atoms with Crippen molar-refractivity contribution in [2.45, 2.75) is 58.4 Å². The van der Waals surface area contributed by atoms with E-state index in [1.165, 1.54) is 18.2 Å². The molecule has 0 fully saturated rings. The first-order valence-electron chi connectivity index (χ1n) is 14.8.